The average Bonchev–Trinajstić information content (AvgIpc) is 2.50. The van der Waals surface area contributed by atoms with Gasteiger partial charge in [0.1, 0.15) is 6.04 Å². The molecular weight excluding hydrogens is 316 g/mol. The summed E-state index contributed by atoms with van der Waals surface area (Å²) in [4.78, 5) is 35.4. The maximum absolute atomic E-state index is 11.7. The molecule has 0 aromatic heterocycles. The van der Waals surface area contributed by atoms with Crippen LogP contribution in [0.1, 0.15) is 20.3 Å². The largest absolute Gasteiger partial charge is 0.480 e. The predicted molar refractivity (Wildman–Crippen MR) is 89.2 cm³/mol. The van der Waals surface area contributed by atoms with E-state index in [0.29, 0.717) is 6.42 Å². The lowest BCUT2D eigenvalue weighted by Crippen LogP contribution is -2.46. The molecule has 0 aliphatic heterocycles. The number of carbonyl (C=O) groups excluding carboxylic acids is 2. The highest BCUT2D eigenvalue weighted by molar-refractivity contribution is 8.00. The zero-order chi connectivity index (χ0) is 17.2. The molecular formula is C16H22N2O4S. The summed E-state index contributed by atoms with van der Waals surface area (Å²) in [6.07, 6.45) is 0.346. The van der Waals surface area contributed by atoms with Crippen LogP contribution < -0.4 is 10.6 Å². The van der Waals surface area contributed by atoms with Gasteiger partial charge in [0.2, 0.25) is 11.8 Å². The van der Waals surface area contributed by atoms with E-state index in [0.717, 1.165) is 4.90 Å². The molecule has 1 aromatic carbocycles. The van der Waals surface area contributed by atoms with Gasteiger partial charge in [-0.3, -0.25) is 9.59 Å². The highest BCUT2D eigenvalue weighted by atomic mass is 32.2. The van der Waals surface area contributed by atoms with Crippen molar-refractivity contribution in [2.75, 3.05) is 12.3 Å². The third kappa shape index (κ3) is 8.25. The van der Waals surface area contributed by atoms with Gasteiger partial charge in [-0.2, -0.15) is 0 Å². The van der Waals surface area contributed by atoms with Gasteiger partial charge in [-0.15, -0.1) is 11.8 Å². The summed E-state index contributed by atoms with van der Waals surface area (Å²) >= 11 is 1.37. The standard InChI is InChI=1S/C16H22N2O4S/c1-11(2)8-13(16(21)22)18-14(19)9-17-15(20)10-23-12-6-4-3-5-7-12/h3-7,11,13H,8-10H2,1-2H3,(H,17,20)(H,18,19)(H,21,22)/t13-/m0/s1. The van der Waals surface area contributed by atoms with E-state index in [2.05, 4.69) is 10.6 Å². The summed E-state index contributed by atoms with van der Waals surface area (Å²) in [6, 6.07) is 8.52. The van der Waals surface area contributed by atoms with E-state index in [1.165, 1.54) is 11.8 Å². The van der Waals surface area contributed by atoms with E-state index in [4.69, 9.17) is 5.11 Å². The average molecular weight is 338 g/mol. The van der Waals surface area contributed by atoms with Gasteiger partial charge in [-0.25, -0.2) is 4.79 Å². The smallest absolute Gasteiger partial charge is 0.326 e. The first-order chi connectivity index (χ1) is 10.9. The highest BCUT2D eigenvalue weighted by Crippen LogP contribution is 2.16. The second-order valence-corrected chi connectivity index (χ2v) is 6.52. The number of rotatable bonds is 9. The van der Waals surface area contributed by atoms with Crippen molar-refractivity contribution in [2.45, 2.75) is 31.2 Å². The van der Waals surface area contributed by atoms with Crippen LogP contribution in [0.2, 0.25) is 0 Å². The summed E-state index contributed by atoms with van der Waals surface area (Å²) in [7, 11) is 0. The number of aliphatic carboxylic acids is 1. The molecule has 1 atom stereocenters. The molecule has 1 rings (SSSR count). The quantitative estimate of drug-likeness (QED) is 0.593. The number of carboxylic acids is 1. The molecule has 1 aromatic rings. The molecule has 0 spiro atoms. The first-order valence-electron chi connectivity index (χ1n) is 7.35. The van der Waals surface area contributed by atoms with Gasteiger partial charge >= 0.3 is 5.97 Å². The van der Waals surface area contributed by atoms with Crippen molar-refractivity contribution in [1.82, 2.24) is 10.6 Å². The van der Waals surface area contributed by atoms with E-state index in [1.807, 2.05) is 44.2 Å². The Morgan fingerprint density at radius 2 is 1.78 bits per heavy atom. The number of carbonyl (C=O) groups is 3. The van der Waals surface area contributed by atoms with Crippen LogP contribution >= 0.6 is 11.8 Å². The van der Waals surface area contributed by atoms with Crippen molar-refractivity contribution in [2.24, 2.45) is 5.92 Å². The minimum atomic E-state index is -1.07. The predicted octanol–water partition coefficient (Wildman–Crippen LogP) is 1.51. The van der Waals surface area contributed by atoms with Crippen molar-refractivity contribution in [3.05, 3.63) is 30.3 Å². The van der Waals surface area contributed by atoms with Crippen molar-refractivity contribution in [3.63, 3.8) is 0 Å². The molecule has 0 saturated heterocycles. The number of hydrogen-bond acceptors (Lipinski definition) is 4. The Labute approximate surface area is 140 Å². The van der Waals surface area contributed by atoms with E-state index < -0.39 is 17.9 Å². The van der Waals surface area contributed by atoms with Crippen LogP contribution in [0.4, 0.5) is 0 Å². The van der Waals surface area contributed by atoms with Crippen LogP contribution in [0.25, 0.3) is 0 Å². The van der Waals surface area contributed by atoms with E-state index in [9.17, 15) is 14.4 Å². The van der Waals surface area contributed by atoms with Gasteiger partial charge in [0.25, 0.3) is 0 Å². The van der Waals surface area contributed by atoms with E-state index >= 15 is 0 Å². The Morgan fingerprint density at radius 3 is 2.35 bits per heavy atom. The molecule has 0 heterocycles. The molecule has 7 heteroatoms. The number of thioether (sulfide) groups is 1. The van der Waals surface area contributed by atoms with Gasteiger partial charge in [-0.05, 0) is 24.5 Å². The van der Waals surface area contributed by atoms with Crippen LogP contribution in [0.5, 0.6) is 0 Å². The lowest BCUT2D eigenvalue weighted by atomic mass is 10.0. The molecule has 0 fully saturated rings. The van der Waals surface area contributed by atoms with Gasteiger partial charge in [0.15, 0.2) is 0 Å². The summed E-state index contributed by atoms with van der Waals surface area (Å²) in [5, 5.41) is 14.0. The third-order valence-corrected chi connectivity index (χ3v) is 3.91. The number of benzene rings is 1. The molecule has 0 bridgehead atoms. The Bertz CT molecular complexity index is 534. The third-order valence-electron chi connectivity index (χ3n) is 2.90. The van der Waals surface area contributed by atoms with Crippen LogP contribution in [-0.4, -0.2) is 41.2 Å². The molecule has 3 N–H and O–H groups in total. The Kier molecular flexibility index (Phi) is 8.18. The molecule has 0 radical (unpaired) electrons. The maximum Gasteiger partial charge on any atom is 0.326 e. The number of carboxylic acid groups (broad SMARTS) is 1. The van der Waals surface area contributed by atoms with Crippen molar-refractivity contribution < 1.29 is 19.5 Å². The topological polar surface area (TPSA) is 95.5 Å². The fourth-order valence-corrected chi connectivity index (χ4v) is 2.58. The fraction of sp³-hybridized carbons (Fsp3) is 0.438. The minimum absolute atomic E-state index is 0.147. The molecule has 0 aliphatic rings. The molecule has 0 aliphatic carbocycles. The summed E-state index contributed by atoms with van der Waals surface area (Å²) < 4.78 is 0. The molecule has 6 nitrogen and oxygen atoms in total. The lowest BCUT2D eigenvalue weighted by molar-refractivity contribution is -0.142. The Morgan fingerprint density at radius 1 is 1.13 bits per heavy atom. The van der Waals surface area contributed by atoms with Crippen LogP contribution in [0.15, 0.2) is 35.2 Å². The first kappa shape index (κ1) is 19.0. The minimum Gasteiger partial charge on any atom is -0.480 e. The summed E-state index contributed by atoms with van der Waals surface area (Å²) in [6.45, 7) is 3.53. The zero-order valence-corrected chi connectivity index (χ0v) is 14.1. The summed E-state index contributed by atoms with van der Waals surface area (Å²) in [5.41, 5.74) is 0. The monoisotopic (exact) mass is 338 g/mol. The van der Waals surface area contributed by atoms with Crippen LogP contribution in [0.3, 0.4) is 0 Å². The molecule has 2 amide bonds. The van der Waals surface area contributed by atoms with Gasteiger partial charge in [-0.1, -0.05) is 32.0 Å². The lowest BCUT2D eigenvalue weighted by Gasteiger charge is -2.16. The van der Waals surface area contributed by atoms with E-state index in [-0.39, 0.29) is 24.1 Å². The second kappa shape index (κ2) is 9.89. The van der Waals surface area contributed by atoms with Crippen LogP contribution in [-0.2, 0) is 14.4 Å². The Hall–Kier alpha value is -2.02. The maximum atomic E-state index is 11.7. The normalized spacial score (nSPS) is 11.8. The van der Waals surface area contributed by atoms with Gasteiger partial charge in [0, 0.05) is 4.90 Å². The fourth-order valence-electron chi connectivity index (χ4n) is 1.83. The van der Waals surface area contributed by atoms with Crippen molar-refractivity contribution in [1.29, 1.82) is 0 Å². The Balaban J connectivity index is 2.31. The molecule has 0 saturated carbocycles. The second-order valence-electron chi connectivity index (χ2n) is 5.47. The van der Waals surface area contributed by atoms with E-state index in [1.54, 1.807) is 0 Å². The number of hydrogen-bond donors (Lipinski definition) is 3. The first-order valence-corrected chi connectivity index (χ1v) is 8.33. The van der Waals surface area contributed by atoms with Crippen LogP contribution in [0, 0.1) is 5.92 Å². The zero-order valence-electron chi connectivity index (χ0n) is 13.2. The summed E-state index contributed by atoms with van der Waals surface area (Å²) in [5.74, 6) is -1.50. The van der Waals surface area contributed by atoms with Crippen molar-refractivity contribution >= 4 is 29.5 Å². The highest BCUT2D eigenvalue weighted by Gasteiger charge is 2.21. The number of amides is 2. The number of nitrogens with one attached hydrogen (secondary N) is 2. The van der Waals surface area contributed by atoms with Gasteiger partial charge < -0.3 is 15.7 Å². The molecule has 0 unspecified atom stereocenters. The SMILES string of the molecule is CC(C)C[C@H](NC(=O)CNC(=O)CSc1ccccc1)C(=O)O. The molecule has 23 heavy (non-hydrogen) atoms. The van der Waals surface area contributed by atoms with Crippen molar-refractivity contribution in [3.8, 4) is 0 Å². The van der Waals surface area contributed by atoms with Gasteiger partial charge in [0.05, 0.1) is 12.3 Å². The molecule has 126 valence electrons.